The van der Waals surface area contributed by atoms with Gasteiger partial charge in [0.1, 0.15) is 36.6 Å². The molecule has 3 saturated heterocycles. The van der Waals surface area contributed by atoms with Crippen molar-refractivity contribution in [1.82, 2.24) is 16.0 Å². The third kappa shape index (κ3) is 6.19. The Morgan fingerprint density at radius 1 is 0.568 bits per heavy atom. The van der Waals surface area contributed by atoms with E-state index in [1.54, 1.807) is 0 Å². The lowest BCUT2D eigenvalue weighted by molar-refractivity contribution is -0.371. The number of aliphatic hydroxyl groups is 5. The summed E-state index contributed by atoms with van der Waals surface area (Å²) in [6.07, 6.45) is -15.3. The van der Waals surface area contributed by atoms with Gasteiger partial charge in [-0.1, -0.05) is 0 Å². The van der Waals surface area contributed by atoms with Gasteiger partial charge in [-0.05, 0) is 20.8 Å². The number of aliphatic hydroxyl groups excluding tert-OH is 5. The van der Waals surface area contributed by atoms with Crippen LogP contribution in [0.5, 0.6) is 0 Å². The Kier molecular flexibility index (Phi) is 10.2. The molecular formula is C21H35N3O13. The molecule has 15 atom stereocenters. The Morgan fingerprint density at radius 2 is 0.973 bits per heavy atom. The molecule has 0 saturated carbocycles. The average Bonchev–Trinajstić information content (AvgIpc) is 2.85. The minimum Gasteiger partial charge on any atom is -0.388 e. The highest BCUT2D eigenvalue weighted by atomic mass is 16.8. The van der Waals surface area contributed by atoms with Crippen LogP contribution in [-0.2, 0) is 38.1 Å². The van der Waals surface area contributed by atoms with Crippen molar-refractivity contribution < 1.29 is 63.6 Å². The number of carbonyl (C=O) groups is 3. The molecular weight excluding hydrogens is 502 g/mol. The van der Waals surface area contributed by atoms with Crippen LogP contribution in [0.15, 0.2) is 0 Å². The van der Waals surface area contributed by atoms with Gasteiger partial charge in [-0.2, -0.15) is 0 Å². The maximum Gasteiger partial charge on any atom is 0.207 e. The van der Waals surface area contributed by atoms with Crippen molar-refractivity contribution in [1.29, 1.82) is 0 Å². The zero-order valence-corrected chi connectivity index (χ0v) is 20.4. The van der Waals surface area contributed by atoms with Gasteiger partial charge in [0.15, 0.2) is 18.9 Å². The fourth-order valence-corrected chi connectivity index (χ4v) is 4.84. The summed E-state index contributed by atoms with van der Waals surface area (Å²) in [5.74, 6) is 0. The number of hydrogen-bond acceptors (Lipinski definition) is 13. The minimum absolute atomic E-state index is 0.345. The molecule has 16 heteroatoms. The van der Waals surface area contributed by atoms with E-state index in [2.05, 4.69) is 16.0 Å². The van der Waals surface area contributed by atoms with Crippen LogP contribution in [-0.4, -0.2) is 137 Å². The zero-order valence-electron chi connectivity index (χ0n) is 20.4. The molecule has 0 aromatic carbocycles. The number of hydrogen-bond donors (Lipinski definition) is 8. The summed E-state index contributed by atoms with van der Waals surface area (Å²) < 4.78 is 28.3. The Bertz CT molecular complexity index is 780. The van der Waals surface area contributed by atoms with Gasteiger partial charge in [0.25, 0.3) is 0 Å². The van der Waals surface area contributed by atoms with E-state index >= 15 is 0 Å². The monoisotopic (exact) mass is 537 g/mol. The van der Waals surface area contributed by atoms with E-state index in [1.165, 1.54) is 20.8 Å². The lowest BCUT2D eigenvalue weighted by Gasteiger charge is -2.49. The summed E-state index contributed by atoms with van der Waals surface area (Å²) in [6.45, 7) is 4.56. The molecule has 0 bridgehead atoms. The molecule has 3 aliphatic heterocycles. The second-order valence-corrected chi connectivity index (χ2v) is 9.25. The largest absolute Gasteiger partial charge is 0.388 e. The molecule has 0 aromatic heterocycles. The lowest BCUT2D eigenvalue weighted by atomic mass is 9.94. The summed E-state index contributed by atoms with van der Waals surface area (Å²) in [4.78, 5) is 32.9. The Labute approximate surface area is 212 Å². The molecule has 8 N–H and O–H groups in total. The molecule has 0 unspecified atom stereocenters. The molecule has 3 heterocycles. The van der Waals surface area contributed by atoms with Crippen LogP contribution in [0.4, 0.5) is 0 Å². The predicted molar refractivity (Wildman–Crippen MR) is 118 cm³/mol. The van der Waals surface area contributed by atoms with E-state index in [1.807, 2.05) is 0 Å². The normalized spacial score (nSPS) is 48.5. The SMILES string of the molecule is C[C@H]1O[C@H](O[C@@H]2[C@@H](O[C@H]3[C@@H](O)[C@H](NC=O)[C@@H](C)O[C@@H]3O)O[C@H](C)[C@@H](NC=O)[C@@H]2O)[C@@H](O)[C@@H](O)[C@@H]1NC=O. The Balaban J connectivity index is 1.84. The first kappa shape index (κ1) is 29.6. The molecule has 37 heavy (non-hydrogen) atoms. The van der Waals surface area contributed by atoms with Gasteiger partial charge in [-0.15, -0.1) is 0 Å². The third-order valence-corrected chi connectivity index (χ3v) is 6.89. The molecule has 3 amide bonds. The number of carbonyl (C=O) groups excluding carboxylic acids is 3. The first-order valence-electron chi connectivity index (χ1n) is 11.8. The standard InChI is InChI=1S/C21H35N3O13/c1-7-11(23-5-26)14(29)17(19(32)33-7)36-21-18(15(30)12(24-6-27)9(3)35-21)37-20-16(31)13(28)10(22-4-25)8(2)34-20/h4-21,28-32H,1-3H3,(H,22,25)(H,23,26)(H,24,27)/t7-,8-,9-,10-,11-,12-,13+,14+,15+,16+,17+,18+,19+,20-,21-/m1/s1. The molecule has 3 fully saturated rings. The van der Waals surface area contributed by atoms with Crippen LogP contribution >= 0.6 is 0 Å². The van der Waals surface area contributed by atoms with Gasteiger partial charge in [0.2, 0.25) is 19.2 Å². The van der Waals surface area contributed by atoms with Crippen molar-refractivity contribution >= 4 is 19.2 Å². The van der Waals surface area contributed by atoms with Gasteiger partial charge < -0.3 is 65.2 Å². The summed E-state index contributed by atoms with van der Waals surface area (Å²) in [6, 6.07) is -2.91. The van der Waals surface area contributed by atoms with Crippen LogP contribution in [0.2, 0.25) is 0 Å². The fraction of sp³-hybridized carbons (Fsp3) is 0.857. The van der Waals surface area contributed by atoms with Crippen LogP contribution in [0.3, 0.4) is 0 Å². The third-order valence-electron chi connectivity index (χ3n) is 6.89. The molecule has 16 nitrogen and oxygen atoms in total. The second-order valence-electron chi connectivity index (χ2n) is 9.25. The minimum atomic E-state index is -1.69. The highest BCUT2D eigenvalue weighted by Gasteiger charge is 2.53. The summed E-state index contributed by atoms with van der Waals surface area (Å²) >= 11 is 0. The molecule has 0 radical (unpaired) electrons. The molecule has 0 spiro atoms. The van der Waals surface area contributed by atoms with Crippen molar-refractivity contribution in [3.8, 4) is 0 Å². The Morgan fingerprint density at radius 3 is 1.49 bits per heavy atom. The lowest BCUT2D eigenvalue weighted by Crippen LogP contribution is -2.68. The predicted octanol–water partition coefficient (Wildman–Crippen LogP) is -5.23. The number of nitrogens with one attached hydrogen (secondary N) is 3. The van der Waals surface area contributed by atoms with Gasteiger partial charge in [-0.25, -0.2) is 0 Å². The van der Waals surface area contributed by atoms with Gasteiger partial charge in [0, 0.05) is 0 Å². The van der Waals surface area contributed by atoms with Crippen LogP contribution in [0.25, 0.3) is 0 Å². The maximum atomic E-state index is 11.1. The van der Waals surface area contributed by atoms with E-state index < -0.39 is 91.9 Å². The molecule has 3 aliphatic rings. The van der Waals surface area contributed by atoms with E-state index in [-0.39, 0.29) is 0 Å². The van der Waals surface area contributed by atoms with Gasteiger partial charge in [-0.3, -0.25) is 14.4 Å². The average molecular weight is 538 g/mol. The molecule has 0 aromatic rings. The highest BCUT2D eigenvalue weighted by Crippen LogP contribution is 2.32. The van der Waals surface area contributed by atoms with Crippen molar-refractivity contribution in [2.75, 3.05) is 0 Å². The zero-order chi connectivity index (χ0) is 27.4. The van der Waals surface area contributed by atoms with E-state index in [4.69, 9.17) is 23.7 Å². The molecule has 3 rings (SSSR count). The topological polar surface area (TPSA) is 235 Å². The number of amides is 3. The molecule has 212 valence electrons. The quantitative estimate of drug-likeness (QED) is 0.122. The van der Waals surface area contributed by atoms with Crippen LogP contribution < -0.4 is 16.0 Å². The summed E-state index contributed by atoms with van der Waals surface area (Å²) in [5.41, 5.74) is 0. The van der Waals surface area contributed by atoms with E-state index in [9.17, 15) is 39.9 Å². The van der Waals surface area contributed by atoms with E-state index in [0.29, 0.717) is 19.2 Å². The second kappa shape index (κ2) is 12.7. The van der Waals surface area contributed by atoms with Crippen molar-refractivity contribution in [3.63, 3.8) is 0 Å². The summed E-state index contributed by atoms with van der Waals surface area (Å²) in [5, 5.41) is 60.4. The van der Waals surface area contributed by atoms with Gasteiger partial charge in [0.05, 0.1) is 36.4 Å². The van der Waals surface area contributed by atoms with E-state index in [0.717, 1.165) is 0 Å². The first-order chi connectivity index (χ1) is 17.5. The smallest absolute Gasteiger partial charge is 0.207 e. The number of ether oxygens (including phenoxy) is 5. The molecule has 0 aliphatic carbocycles. The van der Waals surface area contributed by atoms with Gasteiger partial charge >= 0.3 is 0 Å². The maximum absolute atomic E-state index is 11.1. The first-order valence-corrected chi connectivity index (χ1v) is 11.8. The fourth-order valence-electron chi connectivity index (χ4n) is 4.84. The highest BCUT2D eigenvalue weighted by molar-refractivity contribution is 5.48. The van der Waals surface area contributed by atoms with Crippen molar-refractivity contribution in [2.45, 2.75) is 113 Å². The van der Waals surface area contributed by atoms with Crippen LogP contribution in [0, 0.1) is 0 Å². The number of rotatable bonds is 10. The van der Waals surface area contributed by atoms with Crippen molar-refractivity contribution in [3.05, 3.63) is 0 Å². The Hall–Kier alpha value is -1.99. The van der Waals surface area contributed by atoms with Crippen molar-refractivity contribution in [2.24, 2.45) is 0 Å². The van der Waals surface area contributed by atoms with Crippen LogP contribution in [0.1, 0.15) is 20.8 Å². The summed E-state index contributed by atoms with van der Waals surface area (Å²) in [7, 11) is 0.